The average molecular weight is 570 g/mol. The van der Waals surface area contributed by atoms with Gasteiger partial charge in [0.1, 0.15) is 18.0 Å². The van der Waals surface area contributed by atoms with Gasteiger partial charge in [0.25, 0.3) is 0 Å². The fourth-order valence-electron chi connectivity index (χ4n) is 4.19. The fourth-order valence-corrected chi connectivity index (χ4v) is 4.71. The molecule has 0 unspecified atom stereocenters. The van der Waals surface area contributed by atoms with Crippen LogP contribution in [0.3, 0.4) is 0 Å². The Morgan fingerprint density at radius 2 is 2.00 bits per heavy atom. The predicted octanol–water partition coefficient (Wildman–Crippen LogP) is 2.88. The van der Waals surface area contributed by atoms with Crippen molar-refractivity contribution in [2.24, 2.45) is 11.8 Å². The average Bonchev–Trinajstić information content (AvgIpc) is 2.74. The summed E-state index contributed by atoms with van der Waals surface area (Å²) in [5, 5.41) is 23.2. The lowest BCUT2D eigenvalue weighted by Crippen LogP contribution is -2.57. The molecule has 8 heteroatoms. The first-order chi connectivity index (χ1) is 15.8. The number of carbonyl (C=O) groups is 2. The number of hydrogen-bond donors (Lipinski definition) is 3. The molecule has 0 radical (unpaired) electrons. The number of halogens is 1. The maximum atomic E-state index is 13.4. The summed E-state index contributed by atoms with van der Waals surface area (Å²) < 4.78 is 7.06. The van der Waals surface area contributed by atoms with Gasteiger partial charge in [-0.15, -0.1) is 0 Å². The molecule has 2 aliphatic rings. The van der Waals surface area contributed by atoms with Gasteiger partial charge in [0.05, 0.1) is 16.2 Å². The minimum Gasteiger partial charge on any atom is -0.482 e. The summed E-state index contributed by atoms with van der Waals surface area (Å²) >= 11 is 2.17. The second-order valence-electron chi connectivity index (χ2n) is 9.29. The van der Waals surface area contributed by atoms with E-state index in [2.05, 4.69) is 41.8 Å². The number of nitrogens with one attached hydrogen (secondary N) is 1. The lowest BCUT2D eigenvalue weighted by molar-refractivity contribution is -0.145. The summed E-state index contributed by atoms with van der Waals surface area (Å²) in [6.45, 7) is 4.74. The number of para-hydroxylation sites is 1. The zero-order valence-electron chi connectivity index (χ0n) is 19.4. The smallest absolute Gasteiger partial charge is 0.247 e. The highest BCUT2D eigenvalue weighted by Gasteiger charge is 2.42. The van der Waals surface area contributed by atoms with E-state index in [4.69, 9.17) is 9.84 Å². The van der Waals surface area contributed by atoms with Crippen LogP contribution in [0.1, 0.15) is 46.0 Å². The van der Waals surface area contributed by atoms with Crippen molar-refractivity contribution >= 4 is 34.4 Å². The lowest BCUT2D eigenvalue weighted by atomic mass is 9.82. The third-order valence-electron chi connectivity index (χ3n) is 6.40. The summed E-state index contributed by atoms with van der Waals surface area (Å²) in [5.41, 5.74) is 0.464. The Hall–Kier alpha value is -1.65. The van der Waals surface area contributed by atoms with E-state index in [0.29, 0.717) is 23.8 Å². The molecule has 2 aliphatic carbocycles. The molecule has 3 rings (SSSR count). The van der Waals surface area contributed by atoms with Crippen LogP contribution >= 0.6 is 22.6 Å². The van der Waals surface area contributed by atoms with E-state index < -0.39 is 18.2 Å². The van der Waals surface area contributed by atoms with Crippen molar-refractivity contribution in [2.75, 3.05) is 19.7 Å². The number of aliphatic hydroxyl groups excluding tert-OH is 2. The Kier molecular flexibility index (Phi) is 9.57. The minimum atomic E-state index is -0.966. The van der Waals surface area contributed by atoms with Crippen molar-refractivity contribution in [3.63, 3.8) is 0 Å². The van der Waals surface area contributed by atoms with Crippen LogP contribution in [0.25, 0.3) is 0 Å². The van der Waals surface area contributed by atoms with Gasteiger partial charge in [-0.25, -0.2) is 0 Å². The number of aliphatic hydroxyl groups is 2. The standard InChI is InChI=1S/C25H35IN2O5/c1-16(2)10-12-28(25(32)17-6-5-7-17)20-14-18(24(31)27-11-13-29)15-22(23(20)30)33-21-9-4-3-8-19(21)26/h3-4,8-9,15-17,20,22-23,29-30H,5-7,10-14H2,1-2H3,(H,27,31)/t20-,22+,23+/m1/s1. The lowest BCUT2D eigenvalue weighted by Gasteiger charge is -2.43. The van der Waals surface area contributed by atoms with Crippen LogP contribution in [0.5, 0.6) is 5.75 Å². The molecule has 0 aromatic heterocycles. The first-order valence-electron chi connectivity index (χ1n) is 11.8. The molecule has 1 aromatic rings. The molecule has 0 bridgehead atoms. The molecule has 0 heterocycles. The van der Waals surface area contributed by atoms with Gasteiger partial charge in [-0.3, -0.25) is 9.59 Å². The van der Waals surface area contributed by atoms with Crippen LogP contribution in [0.4, 0.5) is 0 Å². The maximum Gasteiger partial charge on any atom is 0.247 e. The number of rotatable bonds is 10. The summed E-state index contributed by atoms with van der Waals surface area (Å²) in [6, 6.07) is 6.95. The van der Waals surface area contributed by atoms with Crippen LogP contribution in [0.2, 0.25) is 0 Å². The van der Waals surface area contributed by atoms with E-state index in [1.54, 1.807) is 11.0 Å². The van der Waals surface area contributed by atoms with Gasteiger partial charge in [0.15, 0.2) is 0 Å². The van der Waals surface area contributed by atoms with Crippen LogP contribution in [0.15, 0.2) is 35.9 Å². The topological polar surface area (TPSA) is 99.1 Å². The van der Waals surface area contributed by atoms with Gasteiger partial charge < -0.3 is 25.2 Å². The van der Waals surface area contributed by atoms with Crippen molar-refractivity contribution < 1.29 is 24.5 Å². The second kappa shape index (κ2) is 12.2. The largest absolute Gasteiger partial charge is 0.482 e. The van der Waals surface area contributed by atoms with Gasteiger partial charge >= 0.3 is 0 Å². The maximum absolute atomic E-state index is 13.4. The van der Waals surface area contributed by atoms with E-state index in [-0.39, 0.29) is 37.3 Å². The predicted molar refractivity (Wildman–Crippen MR) is 135 cm³/mol. The highest BCUT2D eigenvalue weighted by Crippen LogP contribution is 2.34. The Morgan fingerprint density at radius 1 is 1.27 bits per heavy atom. The Morgan fingerprint density at radius 3 is 2.61 bits per heavy atom. The van der Waals surface area contributed by atoms with Gasteiger partial charge in [-0.05, 0) is 66.0 Å². The SMILES string of the molecule is CC(C)CCN(C(=O)C1CCC1)[C@@H]1CC(C(=O)NCCO)=C[C@H](Oc2ccccc2I)[C@H]1O. The number of amides is 2. The molecular weight excluding hydrogens is 535 g/mol. The second-order valence-corrected chi connectivity index (χ2v) is 10.5. The molecule has 3 atom stereocenters. The van der Waals surface area contributed by atoms with Gasteiger partial charge in [0.2, 0.25) is 11.8 Å². The highest BCUT2D eigenvalue weighted by atomic mass is 127. The number of carbonyl (C=O) groups excluding carboxylic acids is 2. The molecule has 1 aromatic carbocycles. The molecular formula is C25H35IN2O5. The molecule has 1 saturated carbocycles. The normalized spacial score (nSPS) is 23.0. The number of benzene rings is 1. The van der Waals surface area contributed by atoms with Gasteiger partial charge in [0, 0.05) is 31.0 Å². The molecule has 182 valence electrons. The first-order valence-corrected chi connectivity index (χ1v) is 12.9. The fraction of sp³-hybridized carbons (Fsp3) is 0.600. The molecule has 33 heavy (non-hydrogen) atoms. The third-order valence-corrected chi connectivity index (χ3v) is 7.29. The van der Waals surface area contributed by atoms with Crippen molar-refractivity contribution in [3.8, 4) is 5.75 Å². The molecule has 0 aliphatic heterocycles. The summed E-state index contributed by atoms with van der Waals surface area (Å²) in [6.07, 6.45) is 3.79. The van der Waals surface area contributed by atoms with E-state index in [0.717, 1.165) is 29.3 Å². The molecule has 7 nitrogen and oxygen atoms in total. The highest BCUT2D eigenvalue weighted by molar-refractivity contribution is 14.1. The van der Waals surface area contributed by atoms with Gasteiger partial charge in [-0.1, -0.05) is 32.4 Å². The zero-order valence-corrected chi connectivity index (χ0v) is 21.5. The van der Waals surface area contributed by atoms with Crippen molar-refractivity contribution in [1.82, 2.24) is 10.2 Å². The third kappa shape index (κ3) is 6.70. The molecule has 2 amide bonds. The molecule has 3 N–H and O–H groups in total. The van der Waals surface area contributed by atoms with Crippen molar-refractivity contribution in [2.45, 2.75) is 64.2 Å². The number of hydrogen-bond acceptors (Lipinski definition) is 5. The number of nitrogens with zero attached hydrogens (tertiary/aromatic N) is 1. The summed E-state index contributed by atoms with van der Waals surface area (Å²) in [4.78, 5) is 28.0. The number of ether oxygens (including phenoxy) is 1. The molecule has 0 saturated heterocycles. The molecule has 1 fully saturated rings. The Balaban J connectivity index is 1.90. The van der Waals surface area contributed by atoms with Gasteiger partial charge in [-0.2, -0.15) is 0 Å². The van der Waals surface area contributed by atoms with Crippen LogP contribution in [-0.4, -0.2) is 64.9 Å². The van der Waals surface area contributed by atoms with E-state index >= 15 is 0 Å². The molecule has 0 spiro atoms. The quantitative estimate of drug-likeness (QED) is 0.376. The van der Waals surface area contributed by atoms with E-state index in [1.807, 2.05) is 24.3 Å². The van der Waals surface area contributed by atoms with Crippen molar-refractivity contribution in [1.29, 1.82) is 0 Å². The van der Waals surface area contributed by atoms with E-state index in [1.165, 1.54) is 0 Å². The monoisotopic (exact) mass is 570 g/mol. The summed E-state index contributed by atoms with van der Waals surface area (Å²) in [5.74, 6) is 0.779. The van der Waals surface area contributed by atoms with Crippen LogP contribution in [0, 0.1) is 15.4 Å². The Bertz CT molecular complexity index is 855. The Labute approximate surface area is 209 Å². The van der Waals surface area contributed by atoms with Crippen LogP contribution < -0.4 is 10.1 Å². The van der Waals surface area contributed by atoms with E-state index in [9.17, 15) is 14.7 Å². The first kappa shape index (κ1) is 26.0. The summed E-state index contributed by atoms with van der Waals surface area (Å²) in [7, 11) is 0. The zero-order chi connectivity index (χ0) is 24.0. The van der Waals surface area contributed by atoms with Crippen molar-refractivity contribution in [3.05, 3.63) is 39.5 Å². The minimum absolute atomic E-state index is 0.00336. The van der Waals surface area contributed by atoms with Crippen LogP contribution in [-0.2, 0) is 9.59 Å².